The summed E-state index contributed by atoms with van der Waals surface area (Å²) < 4.78 is 6.67. The van der Waals surface area contributed by atoms with E-state index in [4.69, 9.17) is 4.42 Å². The summed E-state index contributed by atoms with van der Waals surface area (Å²) in [4.78, 5) is 24.8. The van der Waals surface area contributed by atoms with Gasteiger partial charge in [-0.2, -0.15) is 0 Å². The number of oxazole rings is 1. The molecule has 0 amide bonds. The number of aromatic nitrogens is 3. The third-order valence-corrected chi connectivity index (χ3v) is 5.36. The first kappa shape index (κ1) is 18.6. The third-order valence-electron chi connectivity index (χ3n) is 5.36. The van der Waals surface area contributed by atoms with Crippen LogP contribution in [0, 0.1) is 0 Å². The number of benzene rings is 1. The molecular formula is C20H25N5O3. The predicted molar refractivity (Wildman–Crippen MR) is 106 cm³/mol. The normalized spacial score (nSPS) is 16.6. The maximum atomic E-state index is 11.6. The van der Waals surface area contributed by atoms with Crippen molar-refractivity contribution in [2.75, 3.05) is 37.6 Å². The number of hydrogen-bond donors (Lipinski definition) is 1. The highest BCUT2D eigenvalue weighted by atomic mass is 16.4. The molecule has 3 aromatic rings. The van der Waals surface area contributed by atoms with Crippen molar-refractivity contribution in [1.82, 2.24) is 19.4 Å². The van der Waals surface area contributed by atoms with Crippen molar-refractivity contribution in [1.29, 1.82) is 0 Å². The van der Waals surface area contributed by atoms with Crippen LogP contribution in [0.15, 0.2) is 45.9 Å². The van der Waals surface area contributed by atoms with Crippen molar-refractivity contribution in [3.05, 3.63) is 52.8 Å². The second-order valence-electron chi connectivity index (χ2n) is 7.19. The Balaban J connectivity index is 1.26. The van der Waals surface area contributed by atoms with Crippen molar-refractivity contribution in [3.8, 4) is 0 Å². The van der Waals surface area contributed by atoms with Crippen LogP contribution in [0.5, 0.6) is 0 Å². The number of piperazine rings is 1. The van der Waals surface area contributed by atoms with Crippen LogP contribution in [0.25, 0.3) is 11.1 Å². The molecule has 1 saturated heterocycles. The molecule has 0 spiro atoms. The lowest BCUT2D eigenvalue weighted by atomic mass is 10.0. The van der Waals surface area contributed by atoms with Crippen LogP contribution in [0.4, 0.5) is 5.95 Å². The van der Waals surface area contributed by atoms with E-state index in [0.717, 1.165) is 56.2 Å². The molecule has 1 atom stereocenters. The summed E-state index contributed by atoms with van der Waals surface area (Å²) in [6.45, 7) is 4.71. The number of anilines is 1. The monoisotopic (exact) mass is 383 g/mol. The Bertz CT molecular complexity index is 976. The van der Waals surface area contributed by atoms with Crippen LogP contribution < -0.4 is 10.7 Å². The highest BCUT2D eigenvalue weighted by Crippen LogP contribution is 2.23. The van der Waals surface area contributed by atoms with Gasteiger partial charge >= 0.3 is 5.76 Å². The van der Waals surface area contributed by atoms with Crippen molar-refractivity contribution < 1.29 is 9.52 Å². The molecule has 0 aliphatic carbocycles. The van der Waals surface area contributed by atoms with Gasteiger partial charge in [-0.05, 0) is 43.1 Å². The van der Waals surface area contributed by atoms with E-state index in [1.165, 1.54) is 4.57 Å². The lowest BCUT2D eigenvalue weighted by Gasteiger charge is -2.34. The molecule has 4 rings (SSSR count). The first-order chi connectivity index (χ1) is 13.6. The molecule has 2 aromatic heterocycles. The van der Waals surface area contributed by atoms with Gasteiger partial charge in [0.05, 0.1) is 11.6 Å². The molecule has 1 aliphatic heterocycles. The number of rotatable bonds is 6. The molecule has 1 N–H and O–H groups in total. The second-order valence-corrected chi connectivity index (χ2v) is 7.19. The van der Waals surface area contributed by atoms with E-state index in [2.05, 4.69) is 19.8 Å². The van der Waals surface area contributed by atoms with Crippen LogP contribution in [0.2, 0.25) is 0 Å². The van der Waals surface area contributed by atoms with E-state index in [9.17, 15) is 9.90 Å². The molecular weight excluding hydrogens is 358 g/mol. The first-order valence-corrected chi connectivity index (χ1v) is 9.63. The van der Waals surface area contributed by atoms with Crippen LogP contribution >= 0.6 is 0 Å². The molecule has 8 heteroatoms. The summed E-state index contributed by atoms with van der Waals surface area (Å²) in [5.74, 6) is 0.405. The Morgan fingerprint density at radius 1 is 1.18 bits per heavy atom. The quantitative estimate of drug-likeness (QED) is 0.691. The number of aliphatic hydroxyl groups is 1. The second kappa shape index (κ2) is 8.12. The summed E-state index contributed by atoms with van der Waals surface area (Å²) in [6.07, 6.45) is 4.56. The topological polar surface area (TPSA) is 87.6 Å². The average molecular weight is 383 g/mol. The van der Waals surface area contributed by atoms with Gasteiger partial charge in [0.25, 0.3) is 0 Å². The molecule has 1 fully saturated rings. The van der Waals surface area contributed by atoms with Gasteiger partial charge in [0.1, 0.15) is 0 Å². The van der Waals surface area contributed by atoms with Gasteiger partial charge in [-0.15, -0.1) is 0 Å². The lowest BCUT2D eigenvalue weighted by molar-refractivity contribution is 0.154. The summed E-state index contributed by atoms with van der Waals surface area (Å²) in [5.41, 5.74) is 2.04. The van der Waals surface area contributed by atoms with E-state index >= 15 is 0 Å². The van der Waals surface area contributed by atoms with Crippen LogP contribution in [-0.2, 0) is 7.05 Å². The zero-order valence-corrected chi connectivity index (χ0v) is 16.0. The molecule has 1 aliphatic rings. The minimum absolute atomic E-state index is 0.387. The van der Waals surface area contributed by atoms with Crippen LogP contribution in [0.1, 0.15) is 24.5 Å². The highest BCUT2D eigenvalue weighted by molar-refractivity contribution is 5.73. The molecule has 8 nitrogen and oxygen atoms in total. The SMILES string of the molecule is Cn1c(=O)oc2cc(C(O)CCCN3CCN(c4ncccn4)CC3)ccc21. The minimum atomic E-state index is -0.561. The fourth-order valence-electron chi connectivity index (χ4n) is 3.66. The summed E-state index contributed by atoms with van der Waals surface area (Å²) in [5, 5.41) is 10.5. The van der Waals surface area contributed by atoms with Crippen molar-refractivity contribution in [2.24, 2.45) is 7.05 Å². The van der Waals surface area contributed by atoms with Gasteiger partial charge < -0.3 is 14.4 Å². The summed E-state index contributed by atoms with van der Waals surface area (Å²) >= 11 is 0. The van der Waals surface area contributed by atoms with Gasteiger partial charge in [0, 0.05) is 45.6 Å². The lowest BCUT2D eigenvalue weighted by Crippen LogP contribution is -2.47. The van der Waals surface area contributed by atoms with Gasteiger partial charge in [-0.25, -0.2) is 14.8 Å². The fraction of sp³-hybridized carbons (Fsp3) is 0.450. The average Bonchev–Trinajstić information content (AvgIpc) is 3.02. The molecule has 0 bridgehead atoms. The molecule has 28 heavy (non-hydrogen) atoms. The van der Waals surface area contributed by atoms with E-state index in [-0.39, 0.29) is 5.76 Å². The Labute approximate surface area is 163 Å². The number of nitrogens with zero attached hydrogens (tertiary/aromatic N) is 5. The zero-order valence-electron chi connectivity index (χ0n) is 16.0. The maximum Gasteiger partial charge on any atom is 0.419 e. The van der Waals surface area contributed by atoms with Crippen molar-refractivity contribution in [2.45, 2.75) is 18.9 Å². The van der Waals surface area contributed by atoms with E-state index in [1.807, 2.05) is 18.2 Å². The number of hydrogen-bond acceptors (Lipinski definition) is 7. The molecule has 0 saturated carbocycles. The molecule has 0 radical (unpaired) electrons. The van der Waals surface area contributed by atoms with Crippen molar-refractivity contribution >= 4 is 17.0 Å². The first-order valence-electron chi connectivity index (χ1n) is 9.63. The molecule has 3 heterocycles. The Hall–Kier alpha value is -2.71. The molecule has 1 unspecified atom stereocenters. The van der Waals surface area contributed by atoms with Crippen molar-refractivity contribution in [3.63, 3.8) is 0 Å². The zero-order chi connectivity index (χ0) is 19.5. The predicted octanol–water partition coefficient (Wildman–Crippen LogP) is 1.56. The van der Waals surface area contributed by atoms with E-state index < -0.39 is 6.10 Å². The maximum absolute atomic E-state index is 11.6. The van der Waals surface area contributed by atoms with Gasteiger partial charge in [-0.1, -0.05) is 6.07 Å². The van der Waals surface area contributed by atoms with Gasteiger partial charge in [0.15, 0.2) is 5.58 Å². The van der Waals surface area contributed by atoms with Crippen LogP contribution in [0.3, 0.4) is 0 Å². The standard InChI is InChI=1S/C20H25N5O3/c1-23-16-6-5-15(14-18(16)28-20(23)27)17(26)4-2-9-24-10-12-25(13-11-24)19-21-7-3-8-22-19/h3,5-8,14,17,26H,2,4,9-13H2,1H3. The Morgan fingerprint density at radius 2 is 1.93 bits per heavy atom. The summed E-state index contributed by atoms with van der Waals surface area (Å²) in [7, 11) is 1.67. The van der Waals surface area contributed by atoms with Crippen LogP contribution in [-0.4, -0.2) is 57.3 Å². The highest BCUT2D eigenvalue weighted by Gasteiger charge is 2.19. The number of fused-ring (bicyclic) bond motifs is 1. The summed E-state index contributed by atoms with van der Waals surface area (Å²) in [6, 6.07) is 7.28. The minimum Gasteiger partial charge on any atom is -0.408 e. The number of aliphatic hydroxyl groups excluding tert-OH is 1. The smallest absolute Gasteiger partial charge is 0.408 e. The fourth-order valence-corrected chi connectivity index (χ4v) is 3.66. The largest absolute Gasteiger partial charge is 0.419 e. The Morgan fingerprint density at radius 3 is 2.68 bits per heavy atom. The van der Waals surface area contributed by atoms with E-state index in [1.54, 1.807) is 25.5 Å². The molecule has 148 valence electrons. The van der Waals surface area contributed by atoms with Gasteiger partial charge in [-0.3, -0.25) is 9.47 Å². The van der Waals surface area contributed by atoms with Gasteiger partial charge in [0.2, 0.25) is 5.95 Å². The Kier molecular flexibility index (Phi) is 5.40. The molecule has 1 aromatic carbocycles. The third kappa shape index (κ3) is 3.93. The van der Waals surface area contributed by atoms with E-state index in [0.29, 0.717) is 12.0 Å². The number of aryl methyl sites for hydroxylation is 1.